The minimum absolute atomic E-state index is 0.580. The van der Waals surface area contributed by atoms with Crippen LogP contribution in [0.5, 0.6) is 0 Å². The van der Waals surface area contributed by atoms with Crippen LogP contribution in [0.1, 0.15) is 0 Å². The van der Waals surface area contributed by atoms with E-state index < -0.39 is 0 Å². The molecule has 11 aromatic rings. The molecule has 5 heteroatoms. The van der Waals surface area contributed by atoms with Crippen LogP contribution in [-0.4, -0.2) is 19.5 Å². The van der Waals surface area contributed by atoms with E-state index in [1.807, 2.05) is 78.9 Å². The summed E-state index contributed by atoms with van der Waals surface area (Å²) in [7, 11) is 0. The van der Waals surface area contributed by atoms with Crippen molar-refractivity contribution in [3.63, 3.8) is 0 Å². The lowest BCUT2D eigenvalue weighted by atomic mass is 9.98. The number of furan rings is 1. The molecule has 0 amide bonds. The normalized spacial score (nSPS) is 11.6. The van der Waals surface area contributed by atoms with Crippen LogP contribution in [0.2, 0.25) is 0 Å². The predicted molar refractivity (Wildman–Crippen MR) is 229 cm³/mol. The van der Waals surface area contributed by atoms with Crippen LogP contribution < -0.4 is 0 Å². The Balaban J connectivity index is 1.24. The number of hydrogen-bond donors (Lipinski definition) is 0. The van der Waals surface area contributed by atoms with Crippen molar-refractivity contribution < 1.29 is 4.42 Å². The largest absolute Gasteiger partial charge is 0.455 e. The third-order valence-corrected chi connectivity index (χ3v) is 10.7. The summed E-state index contributed by atoms with van der Waals surface area (Å²) >= 11 is 0. The molecule has 5 nitrogen and oxygen atoms in total. The molecule has 3 heterocycles. The fraction of sp³-hybridized carbons (Fsp3) is 0. The zero-order chi connectivity index (χ0) is 37.0. The summed E-state index contributed by atoms with van der Waals surface area (Å²) in [5.74, 6) is 1.80. The molecule has 0 radical (unpaired) electrons. The van der Waals surface area contributed by atoms with Gasteiger partial charge in [0.1, 0.15) is 11.2 Å². The average molecular weight is 717 g/mol. The maximum atomic E-state index is 6.99. The van der Waals surface area contributed by atoms with Crippen molar-refractivity contribution in [1.82, 2.24) is 19.5 Å². The molecule has 0 bridgehead atoms. The maximum Gasteiger partial charge on any atom is 0.164 e. The minimum Gasteiger partial charge on any atom is -0.455 e. The van der Waals surface area contributed by atoms with Gasteiger partial charge in [0.2, 0.25) is 0 Å². The van der Waals surface area contributed by atoms with Gasteiger partial charge in [-0.2, -0.15) is 0 Å². The van der Waals surface area contributed by atoms with Crippen molar-refractivity contribution in [3.05, 3.63) is 194 Å². The summed E-state index contributed by atoms with van der Waals surface area (Å²) in [6.45, 7) is 0. The van der Waals surface area contributed by atoms with Crippen molar-refractivity contribution in [3.8, 4) is 62.1 Å². The summed E-state index contributed by atoms with van der Waals surface area (Å²) < 4.78 is 9.37. The van der Waals surface area contributed by atoms with E-state index in [0.29, 0.717) is 17.5 Å². The standard InChI is InChI=1S/C51H32N4O/c1-5-16-33(17-6-1)37-28-30-43-41(32-37)39-24-13-14-26-42(39)55(43)44-31-29-38(34-18-7-2-8-19-34)48-47(44)46-40(25-15-27-45(46)56-48)51-53-49(35-20-9-3-10-21-35)52-50(54-51)36-22-11-4-12-23-36/h1-32H. The molecule has 11 rings (SSSR count). The van der Waals surface area contributed by atoms with Crippen LogP contribution in [0.15, 0.2) is 199 Å². The third kappa shape index (κ3) is 5.21. The summed E-state index contributed by atoms with van der Waals surface area (Å²) in [5, 5.41) is 4.32. The molecule has 0 fully saturated rings. The number of para-hydroxylation sites is 1. The third-order valence-electron chi connectivity index (χ3n) is 10.7. The molecule has 0 N–H and O–H groups in total. The first kappa shape index (κ1) is 31.9. The van der Waals surface area contributed by atoms with Gasteiger partial charge < -0.3 is 8.98 Å². The number of fused-ring (bicyclic) bond motifs is 6. The molecule has 8 aromatic carbocycles. The van der Waals surface area contributed by atoms with Crippen LogP contribution in [0.4, 0.5) is 0 Å². The minimum atomic E-state index is 0.580. The van der Waals surface area contributed by atoms with Gasteiger partial charge in [0, 0.05) is 38.4 Å². The van der Waals surface area contributed by atoms with E-state index in [4.69, 9.17) is 19.4 Å². The average Bonchev–Trinajstić information content (AvgIpc) is 3.84. The highest BCUT2D eigenvalue weighted by Crippen LogP contribution is 2.45. The molecule has 0 aliphatic carbocycles. The Bertz CT molecular complexity index is 3170. The van der Waals surface area contributed by atoms with Gasteiger partial charge >= 0.3 is 0 Å². The Morgan fingerprint density at radius 2 is 0.929 bits per heavy atom. The van der Waals surface area contributed by atoms with E-state index in [-0.39, 0.29) is 0 Å². The zero-order valence-electron chi connectivity index (χ0n) is 30.2. The second-order valence-corrected chi connectivity index (χ2v) is 14.0. The zero-order valence-corrected chi connectivity index (χ0v) is 30.2. The molecular weight excluding hydrogens is 685 g/mol. The molecule has 0 aliphatic rings. The molecule has 262 valence electrons. The van der Waals surface area contributed by atoms with Crippen LogP contribution in [0.3, 0.4) is 0 Å². The highest BCUT2D eigenvalue weighted by Gasteiger charge is 2.24. The second-order valence-electron chi connectivity index (χ2n) is 14.0. The lowest BCUT2D eigenvalue weighted by Gasteiger charge is -2.13. The number of rotatable bonds is 6. The quantitative estimate of drug-likeness (QED) is 0.172. The van der Waals surface area contributed by atoms with E-state index >= 15 is 0 Å². The summed E-state index contributed by atoms with van der Waals surface area (Å²) in [5.41, 5.74) is 12.0. The summed E-state index contributed by atoms with van der Waals surface area (Å²) in [6, 6.07) is 67.3. The van der Waals surface area contributed by atoms with E-state index in [1.165, 1.54) is 21.9 Å². The van der Waals surface area contributed by atoms with Crippen LogP contribution in [0.25, 0.3) is 106 Å². The number of aromatic nitrogens is 4. The Labute approximate surface area is 322 Å². The van der Waals surface area contributed by atoms with Crippen molar-refractivity contribution >= 4 is 43.7 Å². The fourth-order valence-corrected chi connectivity index (χ4v) is 8.09. The second kappa shape index (κ2) is 13.0. The molecule has 3 aromatic heterocycles. The lowest BCUT2D eigenvalue weighted by Crippen LogP contribution is -2.00. The Kier molecular flexibility index (Phi) is 7.42. The first-order valence-corrected chi connectivity index (χ1v) is 18.8. The van der Waals surface area contributed by atoms with Gasteiger partial charge in [0.15, 0.2) is 17.5 Å². The Morgan fingerprint density at radius 1 is 0.357 bits per heavy atom. The molecule has 0 unspecified atom stereocenters. The first-order valence-electron chi connectivity index (χ1n) is 18.8. The van der Waals surface area contributed by atoms with E-state index in [9.17, 15) is 0 Å². The van der Waals surface area contributed by atoms with Crippen molar-refractivity contribution in [2.75, 3.05) is 0 Å². The van der Waals surface area contributed by atoms with E-state index in [2.05, 4.69) is 120 Å². The van der Waals surface area contributed by atoms with Crippen molar-refractivity contribution in [2.45, 2.75) is 0 Å². The molecule has 0 atom stereocenters. The smallest absolute Gasteiger partial charge is 0.164 e. The highest BCUT2D eigenvalue weighted by atomic mass is 16.3. The number of hydrogen-bond acceptors (Lipinski definition) is 4. The summed E-state index contributed by atoms with van der Waals surface area (Å²) in [4.78, 5) is 15.3. The molecule has 0 spiro atoms. The summed E-state index contributed by atoms with van der Waals surface area (Å²) in [6.07, 6.45) is 0. The van der Waals surface area contributed by atoms with Gasteiger partial charge in [0.25, 0.3) is 0 Å². The van der Waals surface area contributed by atoms with E-state index in [1.54, 1.807) is 0 Å². The Hall–Kier alpha value is -7.63. The number of nitrogens with zero attached hydrogens (tertiary/aromatic N) is 4. The predicted octanol–water partition coefficient (Wildman–Crippen LogP) is 13.2. The fourth-order valence-electron chi connectivity index (χ4n) is 8.09. The molecule has 0 saturated carbocycles. The molecule has 0 aliphatic heterocycles. The van der Waals surface area contributed by atoms with E-state index in [0.717, 1.165) is 66.5 Å². The Morgan fingerprint density at radius 3 is 1.61 bits per heavy atom. The van der Waals surface area contributed by atoms with Crippen LogP contribution >= 0.6 is 0 Å². The molecule has 0 saturated heterocycles. The van der Waals surface area contributed by atoms with Gasteiger partial charge in [0.05, 0.1) is 22.1 Å². The van der Waals surface area contributed by atoms with Crippen LogP contribution in [0, 0.1) is 0 Å². The van der Waals surface area contributed by atoms with Gasteiger partial charge in [-0.1, -0.05) is 158 Å². The molecule has 56 heavy (non-hydrogen) atoms. The van der Waals surface area contributed by atoms with Gasteiger partial charge in [-0.15, -0.1) is 0 Å². The SMILES string of the molecule is c1ccc(-c2ccc3c(c2)c2ccccc2n3-c2ccc(-c3ccccc3)c3oc4cccc(-c5nc(-c6ccccc6)nc(-c6ccccc6)n5)c4c23)cc1. The monoisotopic (exact) mass is 716 g/mol. The van der Waals surface area contributed by atoms with Gasteiger partial charge in [-0.3, -0.25) is 0 Å². The first-order chi connectivity index (χ1) is 27.8. The lowest BCUT2D eigenvalue weighted by molar-refractivity contribution is 0.670. The number of benzene rings is 8. The van der Waals surface area contributed by atoms with Gasteiger partial charge in [-0.05, 0) is 53.1 Å². The topological polar surface area (TPSA) is 56.7 Å². The highest BCUT2D eigenvalue weighted by molar-refractivity contribution is 6.20. The molecular formula is C51H32N4O. The van der Waals surface area contributed by atoms with Crippen LogP contribution in [-0.2, 0) is 0 Å². The maximum absolute atomic E-state index is 6.99. The van der Waals surface area contributed by atoms with Gasteiger partial charge in [-0.25, -0.2) is 15.0 Å². The van der Waals surface area contributed by atoms with Crippen molar-refractivity contribution in [2.24, 2.45) is 0 Å². The van der Waals surface area contributed by atoms with Crippen molar-refractivity contribution in [1.29, 1.82) is 0 Å².